The van der Waals surface area contributed by atoms with Crippen LogP contribution in [0, 0.1) is 0 Å². The number of aromatic nitrogens is 2. The summed E-state index contributed by atoms with van der Waals surface area (Å²) in [5.41, 5.74) is 2.21. The molecule has 2 heterocycles. The lowest BCUT2D eigenvalue weighted by Gasteiger charge is -2.01. The SMILES string of the molecule is Brc1cscc1NCc1cnc[nH]1. The highest BCUT2D eigenvalue weighted by atomic mass is 79.9. The van der Waals surface area contributed by atoms with Crippen LogP contribution in [0.1, 0.15) is 5.69 Å². The van der Waals surface area contributed by atoms with Crippen LogP contribution in [0.15, 0.2) is 27.8 Å². The zero-order chi connectivity index (χ0) is 9.10. The third-order valence-corrected chi connectivity index (χ3v) is 3.34. The zero-order valence-electron chi connectivity index (χ0n) is 6.75. The minimum absolute atomic E-state index is 0.773. The average Bonchev–Trinajstić information content (AvgIpc) is 2.72. The number of anilines is 1. The summed E-state index contributed by atoms with van der Waals surface area (Å²) in [4.78, 5) is 6.97. The van der Waals surface area contributed by atoms with Crippen LogP contribution in [-0.2, 0) is 6.54 Å². The number of hydrogen-bond acceptors (Lipinski definition) is 3. The molecule has 68 valence electrons. The van der Waals surface area contributed by atoms with Crippen LogP contribution in [-0.4, -0.2) is 9.97 Å². The number of halogens is 1. The van der Waals surface area contributed by atoms with E-state index in [0.717, 1.165) is 22.4 Å². The van der Waals surface area contributed by atoms with Gasteiger partial charge in [0.1, 0.15) is 0 Å². The van der Waals surface area contributed by atoms with Crippen LogP contribution in [0.2, 0.25) is 0 Å². The van der Waals surface area contributed by atoms with Gasteiger partial charge in [0.25, 0.3) is 0 Å². The molecule has 0 aliphatic rings. The molecule has 0 atom stereocenters. The van der Waals surface area contributed by atoms with Crippen LogP contribution >= 0.6 is 27.3 Å². The first-order valence-corrected chi connectivity index (χ1v) is 5.52. The highest BCUT2D eigenvalue weighted by Gasteiger charge is 1.99. The van der Waals surface area contributed by atoms with Gasteiger partial charge in [-0.1, -0.05) is 0 Å². The molecule has 2 aromatic heterocycles. The summed E-state index contributed by atoms with van der Waals surface area (Å²) >= 11 is 5.12. The van der Waals surface area contributed by atoms with Gasteiger partial charge >= 0.3 is 0 Å². The van der Waals surface area contributed by atoms with Gasteiger partial charge in [0, 0.05) is 17.0 Å². The molecular weight excluding hydrogens is 250 g/mol. The van der Waals surface area contributed by atoms with Crippen molar-refractivity contribution in [2.24, 2.45) is 0 Å². The summed E-state index contributed by atoms with van der Waals surface area (Å²) in [6, 6.07) is 0. The van der Waals surface area contributed by atoms with Gasteiger partial charge in [0.2, 0.25) is 0 Å². The molecule has 0 spiro atoms. The van der Waals surface area contributed by atoms with Crippen molar-refractivity contribution in [2.45, 2.75) is 6.54 Å². The normalized spacial score (nSPS) is 10.2. The summed E-state index contributed by atoms with van der Waals surface area (Å²) in [7, 11) is 0. The van der Waals surface area contributed by atoms with Crippen molar-refractivity contribution < 1.29 is 0 Å². The summed E-state index contributed by atoms with van der Waals surface area (Å²) in [5.74, 6) is 0. The lowest BCUT2D eigenvalue weighted by Crippen LogP contribution is -1.98. The van der Waals surface area contributed by atoms with E-state index in [1.54, 1.807) is 17.7 Å². The van der Waals surface area contributed by atoms with Crippen molar-refractivity contribution in [3.63, 3.8) is 0 Å². The fourth-order valence-electron chi connectivity index (χ4n) is 0.979. The van der Waals surface area contributed by atoms with Crippen LogP contribution in [0.25, 0.3) is 0 Å². The highest BCUT2D eigenvalue weighted by molar-refractivity contribution is 9.10. The lowest BCUT2D eigenvalue weighted by molar-refractivity contribution is 1.07. The molecule has 0 bridgehead atoms. The van der Waals surface area contributed by atoms with E-state index in [-0.39, 0.29) is 0 Å². The van der Waals surface area contributed by atoms with Crippen molar-refractivity contribution in [1.29, 1.82) is 0 Å². The number of rotatable bonds is 3. The summed E-state index contributed by atoms with van der Waals surface area (Å²) in [6.45, 7) is 0.773. The molecule has 0 radical (unpaired) electrons. The number of thiophene rings is 1. The van der Waals surface area contributed by atoms with E-state index in [1.165, 1.54) is 0 Å². The second-order valence-electron chi connectivity index (χ2n) is 2.56. The van der Waals surface area contributed by atoms with Gasteiger partial charge in [-0.3, -0.25) is 0 Å². The zero-order valence-corrected chi connectivity index (χ0v) is 9.15. The van der Waals surface area contributed by atoms with E-state index in [2.05, 4.69) is 42.0 Å². The Morgan fingerprint density at radius 1 is 1.54 bits per heavy atom. The number of nitrogens with zero attached hydrogens (tertiary/aromatic N) is 1. The van der Waals surface area contributed by atoms with Gasteiger partial charge in [0.15, 0.2) is 0 Å². The molecule has 2 N–H and O–H groups in total. The maximum Gasteiger partial charge on any atom is 0.0922 e. The Morgan fingerprint density at radius 2 is 2.46 bits per heavy atom. The Labute approximate surface area is 88.3 Å². The maximum atomic E-state index is 3.94. The quantitative estimate of drug-likeness (QED) is 0.888. The molecule has 0 unspecified atom stereocenters. The molecular formula is C8H8BrN3S. The number of aromatic amines is 1. The van der Waals surface area contributed by atoms with Crippen molar-refractivity contribution in [3.05, 3.63) is 33.5 Å². The second kappa shape index (κ2) is 3.93. The third kappa shape index (κ3) is 2.10. The number of imidazole rings is 1. The first kappa shape index (κ1) is 8.77. The van der Waals surface area contributed by atoms with E-state index < -0.39 is 0 Å². The van der Waals surface area contributed by atoms with E-state index in [9.17, 15) is 0 Å². The minimum atomic E-state index is 0.773. The van der Waals surface area contributed by atoms with Gasteiger partial charge < -0.3 is 10.3 Å². The van der Waals surface area contributed by atoms with Crippen molar-refractivity contribution >= 4 is 33.0 Å². The molecule has 0 saturated carbocycles. The van der Waals surface area contributed by atoms with Crippen molar-refractivity contribution in [2.75, 3.05) is 5.32 Å². The Morgan fingerprint density at radius 3 is 3.08 bits per heavy atom. The largest absolute Gasteiger partial charge is 0.378 e. The van der Waals surface area contributed by atoms with Crippen LogP contribution in [0.3, 0.4) is 0 Å². The van der Waals surface area contributed by atoms with Gasteiger partial charge in [-0.05, 0) is 15.9 Å². The van der Waals surface area contributed by atoms with Gasteiger partial charge in [-0.15, -0.1) is 11.3 Å². The van der Waals surface area contributed by atoms with Gasteiger partial charge in [0.05, 0.1) is 28.7 Å². The van der Waals surface area contributed by atoms with Crippen LogP contribution < -0.4 is 5.32 Å². The average molecular weight is 258 g/mol. The number of hydrogen-bond donors (Lipinski definition) is 2. The molecule has 0 fully saturated rings. The van der Waals surface area contributed by atoms with Gasteiger partial charge in [-0.2, -0.15) is 0 Å². The summed E-state index contributed by atoms with van der Waals surface area (Å²) in [5, 5.41) is 7.41. The molecule has 0 amide bonds. The summed E-state index contributed by atoms with van der Waals surface area (Å²) in [6.07, 6.45) is 3.49. The topological polar surface area (TPSA) is 40.7 Å². The molecule has 13 heavy (non-hydrogen) atoms. The predicted molar refractivity (Wildman–Crippen MR) is 57.9 cm³/mol. The molecule has 0 aliphatic carbocycles. The summed E-state index contributed by atoms with van der Waals surface area (Å²) < 4.78 is 1.11. The maximum absolute atomic E-state index is 3.94. The Hall–Kier alpha value is -0.810. The fourth-order valence-corrected chi connectivity index (χ4v) is 2.37. The van der Waals surface area contributed by atoms with Gasteiger partial charge in [-0.25, -0.2) is 4.98 Å². The number of nitrogens with one attached hydrogen (secondary N) is 2. The second-order valence-corrected chi connectivity index (χ2v) is 4.16. The fraction of sp³-hybridized carbons (Fsp3) is 0.125. The van der Waals surface area contributed by atoms with Crippen molar-refractivity contribution in [1.82, 2.24) is 9.97 Å². The Balaban J connectivity index is 1.97. The van der Waals surface area contributed by atoms with E-state index in [4.69, 9.17) is 0 Å². The van der Waals surface area contributed by atoms with E-state index in [0.29, 0.717) is 0 Å². The van der Waals surface area contributed by atoms with E-state index in [1.807, 2.05) is 6.20 Å². The molecule has 2 rings (SSSR count). The first-order chi connectivity index (χ1) is 6.36. The van der Waals surface area contributed by atoms with E-state index >= 15 is 0 Å². The highest BCUT2D eigenvalue weighted by Crippen LogP contribution is 2.26. The molecule has 0 aliphatic heterocycles. The smallest absolute Gasteiger partial charge is 0.0922 e. The monoisotopic (exact) mass is 257 g/mol. The number of H-pyrrole nitrogens is 1. The Kier molecular flexibility index (Phi) is 2.65. The Bertz CT molecular complexity index is 368. The standard InChI is InChI=1S/C8H8BrN3S/c9-7-3-13-4-8(7)11-2-6-1-10-5-12-6/h1,3-5,11H,2H2,(H,10,12). The molecule has 2 aromatic rings. The third-order valence-electron chi connectivity index (χ3n) is 1.64. The molecule has 3 nitrogen and oxygen atoms in total. The minimum Gasteiger partial charge on any atom is -0.378 e. The molecule has 0 aromatic carbocycles. The lowest BCUT2D eigenvalue weighted by atomic mass is 10.4. The predicted octanol–water partition coefficient (Wildman–Crippen LogP) is 2.85. The van der Waals surface area contributed by atoms with Crippen LogP contribution in [0.4, 0.5) is 5.69 Å². The molecule has 5 heteroatoms. The molecule has 0 saturated heterocycles. The van der Waals surface area contributed by atoms with Crippen LogP contribution in [0.5, 0.6) is 0 Å². The van der Waals surface area contributed by atoms with Crippen molar-refractivity contribution in [3.8, 4) is 0 Å². The first-order valence-electron chi connectivity index (χ1n) is 3.79.